The van der Waals surface area contributed by atoms with Gasteiger partial charge in [0.05, 0.1) is 10.6 Å². The Balaban J connectivity index is 1.35. The minimum absolute atomic E-state index is 0.00338. The second kappa shape index (κ2) is 8.09. The summed E-state index contributed by atoms with van der Waals surface area (Å²) in [5.74, 6) is 0.213. The summed E-state index contributed by atoms with van der Waals surface area (Å²) in [5, 5.41) is 16.9. The highest BCUT2D eigenvalue weighted by Crippen LogP contribution is 2.30. The van der Waals surface area contributed by atoms with E-state index < -0.39 is 0 Å². The van der Waals surface area contributed by atoms with Crippen molar-refractivity contribution >= 4 is 28.3 Å². The van der Waals surface area contributed by atoms with Crippen molar-refractivity contribution in [3.05, 3.63) is 81.9 Å². The lowest BCUT2D eigenvalue weighted by Crippen LogP contribution is -2.48. The largest absolute Gasteiger partial charge is 0.451 e. The molecule has 0 atom stereocenters. The summed E-state index contributed by atoms with van der Waals surface area (Å²) in [7, 11) is 0. The molecule has 1 aliphatic heterocycles. The molecule has 0 unspecified atom stereocenters. The molecule has 1 aliphatic rings. The molecule has 3 heterocycles. The molecule has 0 spiro atoms. The molecular weight excluding hydrogens is 422 g/mol. The minimum Gasteiger partial charge on any atom is -0.451 e. The maximum atomic E-state index is 12.9. The molecule has 9 nitrogen and oxygen atoms in total. The highest BCUT2D eigenvalue weighted by atomic mass is 16.6. The number of para-hydroxylation sites is 1. The molecule has 2 aromatic carbocycles. The zero-order valence-corrected chi connectivity index (χ0v) is 18.4. The molecule has 0 saturated carbocycles. The highest BCUT2D eigenvalue weighted by Gasteiger charge is 2.26. The summed E-state index contributed by atoms with van der Waals surface area (Å²) in [6.45, 7) is 6.02. The first kappa shape index (κ1) is 20.7. The number of carbonyl (C=O) groups is 1. The lowest BCUT2D eigenvalue weighted by Gasteiger charge is -2.35. The van der Waals surface area contributed by atoms with Crippen LogP contribution in [0.4, 0.5) is 11.4 Å². The van der Waals surface area contributed by atoms with Crippen molar-refractivity contribution in [2.45, 2.75) is 13.8 Å². The lowest BCUT2D eigenvalue weighted by molar-refractivity contribution is -0.384. The molecule has 1 fully saturated rings. The van der Waals surface area contributed by atoms with Gasteiger partial charge in [-0.3, -0.25) is 14.9 Å². The molecule has 9 heteroatoms. The summed E-state index contributed by atoms with van der Waals surface area (Å²) >= 11 is 0. The number of amides is 1. The monoisotopic (exact) mass is 445 g/mol. The Bertz CT molecular complexity index is 1330. The molecule has 0 bridgehead atoms. The zero-order chi connectivity index (χ0) is 23.1. The van der Waals surface area contributed by atoms with Gasteiger partial charge in [0, 0.05) is 49.0 Å². The minimum atomic E-state index is -0.389. The number of nitrogens with zero attached hydrogens (tertiary/aromatic N) is 5. The number of anilines is 1. The summed E-state index contributed by atoms with van der Waals surface area (Å²) in [4.78, 5) is 28.1. The Labute approximate surface area is 190 Å². The van der Waals surface area contributed by atoms with E-state index >= 15 is 0 Å². The smallest absolute Gasteiger partial charge is 0.295 e. The number of benzene rings is 2. The van der Waals surface area contributed by atoms with Gasteiger partial charge in [0.2, 0.25) is 0 Å². The van der Waals surface area contributed by atoms with E-state index in [4.69, 9.17) is 4.42 Å². The Morgan fingerprint density at radius 3 is 2.45 bits per heavy atom. The number of rotatable bonds is 4. The van der Waals surface area contributed by atoms with Crippen molar-refractivity contribution < 1.29 is 14.1 Å². The number of nitro benzene ring substituents is 1. The predicted octanol–water partition coefficient (Wildman–Crippen LogP) is 4.11. The molecule has 0 radical (unpaired) electrons. The van der Waals surface area contributed by atoms with E-state index in [1.807, 2.05) is 44.2 Å². The molecular formula is C24H23N5O4. The van der Waals surface area contributed by atoms with Crippen LogP contribution < -0.4 is 4.90 Å². The third-order valence-electron chi connectivity index (χ3n) is 5.96. The third-order valence-corrected chi connectivity index (χ3v) is 5.96. The van der Waals surface area contributed by atoms with Crippen LogP contribution in [0.3, 0.4) is 0 Å². The van der Waals surface area contributed by atoms with Gasteiger partial charge in [0.25, 0.3) is 11.6 Å². The van der Waals surface area contributed by atoms with Gasteiger partial charge < -0.3 is 14.2 Å². The van der Waals surface area contributed by atoms with Gasteiger partial charge in [0.15, 0.2) is 5.76 Å². The van der Waals surface area contributed by atoms with Crippen molar-refractivity contribution in [3.63, 3.8) is 0 Å². The topological polar surface area (TPSA) is 97.7 Å². The first-order valence-electron chi connectivity index (χ1n) is 10.8. The van der Waals surface area contributed by atoms with Gasteiger partial charge in [-0.2, -0.15) is 5.10 Å². The van der Waals surface area contributed by atoms with E-state index in [1.54, 1.807) is 27.8 Å². The van der Waals surface area contributed by atoms with Crippen molar-refractivity contribution in [1.82, 2.24) is 14.7 Å². The van der Waals surface area contributed by atoms with Gasteiger partial charge >= 0.3 is 0 Å². The summed E-state index contributed by atoms with van der Waals surface area (Å²) < 4.78 is 7.34. The zero-order valence-electron chi connectivity index (χ0n) is 18.4. The molecule has 1 saturated heterocycles. The van der Waals surface area contributed by atoms with Crippen LogP contribution in [0, 0.1) is 24.0 Å². The summed E-state index contributed by atoms with van der Waals surface area (Å²) in [5.41, 5.74) is 3.62. The number of piperazine rings is 1. The maximum absolute atomic E-state index is 12.9. The second-order valence-corrected chi connectivity index (χ2v) is 8.20. The quantitative estimate of drug-likeness (QED) is 0.346. The molecule has 168 valence electrons. The summed E-state index contributed by atoms with van der Waals surface area (Å²) in [6, 6.07) is 16.3. The van der Waals surface area contributed by atoms with E-state index in [1.165, 1.54) is 6.07 Å². The highest BCUT2D eigenvalue weighted by molar-refractivity contribution is 5.96. The number of hydrogen-bond donors (Lipinski definition) is 0. The first-order chi connectivity index (χ1) is 15.9. The first-order valence-corrected chi connectivity index (χ1v) is 10.8. The van der Waals surface area contributed by atoms with Crippen LogP contribution in [0.2, 0.25) is 0 Å². The Morgan fingerprint density at radius 1 is 1.03 bits per heavy atom. The maximum Gasteiger partial charge on any atom is 0.295 e. The van der Waals surface area contributed by atoms with Crippen LogP contribution in [0.15, 0.2) is 59.0 Å². The van der Waals surface area contributed by atoms with Crippen LogP contribution in [-0.2, 0) is 0 Å². The van der Waals surface area contributed by atoms with Gasteiger partial charge in [0.1, 0.15) is 11.3 Å². The van der Waals surface area contributed by atoms with Crippen molar-refractivity contribution in [3.8, 4) is 5.69 Å². The number of aromatic nitrogens is 2. The molecule has 0 aliphatic carbocycles. The molecule has 0 N–H and O–H groups in total. The Hall–Kier alpha value is -4.14. The van der Waals surface area contributed by atoms with E-state index in [0.717, 1.165) is 22.5 Å². The fourth-order valence-electron chi connectivity index (χ4n) is 4.32. The van der Waals surface area contributed by atoms with Crippen LogP contribution in [0.1, 0.15) is 21.9 Å². The van der Waals surface area contributed by atoms with E-state index in [-0.39, 0.29) is 16.5 Å². The number of nitro groups is 1. The average Bonchev–Trinajstić information content (AvgIpc) is 3.40. The van der Waals surface area contributed by atoms with Crippen molar-refractivity contribution in [2.75, 3.05) is 31.1 Å². The number of carbonyl (C=O) groups excluding carboxylic acids is 1. The predicted molar refractivity (Wildman–Crippen MR) is 124 cm³/mol. The molecule has 1 amide bonds. The van der Waals surface area contributed by atoms with Crippen LogP contribution in [0.25, 0.3) is 16.7 Å². The molecule has 5 rings (SSSR count). The van der Waals surface area contributed by atoms with Crippen LogP contribution in [-0.4, -0.2) is 51.7 Å². The fourth-order valence-corrected chi connectivity index (χ4v) is 4.32. The van der Waals surface area contributed by atoms with Gasteiger partial charge in [-0.25, -0.2) is 4.68 Å². The molecule has 4 aromatic rings. The normalized spacial score (nSPS) is 14.1. The second-order valence-electron chi connectivity index (χ2n) is 8.20. The third kappa shape index (κ3) is 3.82. The number of aryl methyl sites for hydroxylation is 2. The van der Waals surface area contributed by atoms with E-state index in [0.29, 0.717) is 43.2 Å². The van der Waals surface area contributed by atoms with Gasteiger partial charge in [-0.1, -0.05) is 18.2 Å². The average molecular weight is 445 g/mol. The lowest BCUT2D eigenvalue weighted by atomic mass is 10.2. The number of hydrogen-bond acceptors (Lipinski definition) is 6. The van der Waals surface area contributed by atoms with Gasteiger partial charge in [-0.15, -0.1) is 0 Å². The van der Waals surface area contributed by atoms with E-state index in [9.17, 15) is 14.9 Å². The standard InChI is InChI=1S/C24H23N5O4/c1-16-13-17(2)28(25-16)21-15-19(7-8-20(21)29(31)32)26-9-11-27(12-10-26)24(30)23-14-18-5-3-4-6-22(18)33-23/h3-8,13-15H,9-12H2,1-2H3. The number of furan rings is 1. The summed E-state index contributed by atoms with van der Waals surface area (Å²) in [6.07, 6.45) is 0. The number of fused-ring (bicyclic) bond motifs is 1. The van der Waals surface area contributed by atoms with Crippen molar-refractivity contribution in [1.29, 1.82) is 0 Å². The van der Waals surface area contributed by atoms with E-state index in [2.05, 4.69) is 10.00 Å². The fraction of sp³-hybridized carbons (Fsp3) is 0.250. The van der Waals surface area contributed by atoms with Crippen molar-refractivity contribution in [2.24, 2.45) is 0 Å². The Morgan fingerprint density at radius 2 is 1.79 bits per heavy atom. The molecule has 33 heavy (non-hydrogen) atoms. The van der Waals surface area contributed by atoms with Crippen LogP contribution >= 0.6 is 0 Å². The molecule has 2 aromatic heterocycles. The Kier molecular flexibility index (Phi) is 5.08. The van der Waals surface area contributed by atoms with Crippen LogP contribution in [0.5, 0.6) is 0 Å². The SMILES string of the molecule is Cc1cc(C)n(-c2cc(N3CCN(C(=O)c4cc5ccccc5o4)CC3)ccc2[N+](=O)[O-])n1. The van der Waals surface area contributed by atoms with Gasteiger partial charge in [-0.05, 0) is 44.2 Å².